The summed E-state index contributed by atoms with van der Waals surface area (Å²) in [4.78, 5) is 31.5. The van der Waals surface area contributed by atoms with Crippen LogP contribution in [-0.2, 0) is 16.1 Å². The summed E-state index contributed by atoms with van der Waals surface area (Å²) in [5.41, 5.74) is 1.23. The maximum Gasteiger partial charge on any atom is 0.296 e. The number of hydrogen-bond acceptors (Lipinski definition) is 6. The van der Waals surface area contributed by atoms with Crippen molar-refractivity contribution < 1.29 is 23.8 Å². The fourth-order valence-corrected chi connectivity index (χ4v) is 3.75. The fourth-order valence-electron chi connectivity index (χ4n) is 3.75. The van der Waals surface area contributed by atoms with Crippen molar-refractivity contribution in [2.75, 3.05) is 6.61 Å². The van der Waals surface area contributed by atoms with Crippen molar-refractivity contribution in [1.82, 2.24) is 9.88 Å². The van der Waals surface area contributed by atoms with E-state index in [1.165, 1.54) is 4.90 Å². The summed E-state index contributed by atoms with van der Waals surface area (Å²) in [6, 6.07) is 13.0. The van der Waals surface area contributed by atoms with Gasteiger partial charge in [-0.3, -0.25) is 14.6 Å². The minimum Gasteiger partial charge on any atom is -0.507 e. The molecule has 0 aliphatic carbocycles. The van der Waals surface area contributed by atoms with Crippen LogP contribution in [0.2, 0.25) is 0 Å². The molecule has 170 valence electrons. The van der Waals surface area contributed by atoms with Crippen LogP contribution in [-0.4, -0.2) is 33.3 Å². The first kappa shape index (κ1) is 22.3. The highest BCUT2D eigenvalue weighted by Crippen LogP contribution is 2.41. The number of aliphatic hydroxyl groups excluding tert-OH is 1. The van der Waals surface area contributed by atoms with Gasteiger partial charge in [0.25, 0.3) is 11.7 Å². The van der Waals surface area contributed by atoms with Gasteiger partial charge in [-0.25, -0.2) is 0 Å². The lowest BCUT2D eigenvalue weighted by atomic mass is 9.99. The van der Waals surface area contributed by atoms with Gasteiger partial charge in [0.1, 0.15) is 29.1 Å². The fraction of sp³-hybridized carbons (Fsp3) is 0.269. The zero-order chi connectivity index (χ0) is 23.5. The molecule has 7 heteroatoms. The number of pyridine rings is 1. The minimum atomic E-state index is -0.844. The molecule has 1 aromatic carbocycles. The van der Waals surface area contributed by atoms with E-state index in [4.69, 9.17) is 9.15 Å². The van der Waals surface area contributed by atoms with Crippen LogP contribution < -0.4 is 4.74 Å². The van der Waals surface area contributed by atoms with Gasteiger partial charge in [0.2, 0.25) is 0 Å². The van der Waals surface area contributed by atoms with E-state index in [1.807, 2.05) is 0 Å². The molecule has 33 heavy (non-hydrogen) atoms. The van der Waals surface area contributed by atoms with Crippen molar-refractivity contribution in [3.63, 3.8) is 0 Å². The standard InChI is InChI=1S/C26H26N2O5/c1-16(2)15-32-20-7-5-19(6-8-20)24(29)22-23(21-9-4-17(3)33-21)28(26(31)25(22)30)14-18-10-12-27-13-11-18/h4-13,16,23,29H,14-15H2,1-3H3/b24-22-. The highest BCUT2D eigenvalue weighted by Gasteiger charge is 2.47. The second kappa shape index (κ2) is 9.32. The Labute approximate surface area is 192 Å². The van der Waals surface area contributed by atoms with Gasteiger partial charge < -0.3 is 19.2 Å². The molecule has 0 bridgehead atoms. The average molecular weight is 447 g/mol. The first-order valence-corrected chi connectivity index (χ1v) is 10.8. The molecule has 2 aromatic heterocycles. The van der Waals surface area contributed by atoms with E-state index in [9.17, 15) is 14.7 Å². The summed E-state index contributed by atoms with van der Waals surface area (Å²) in [6.07, 6.45) is 3.25. The monoisotopic (exact) mass is 446 g/mol. The number of carbonyl (C=O) groups is 2. The van der Waals surface area contributed by atoms with Gasteiger partial charge in [-0.15, -0.1) is 0 Å². The molecule has 1 amide bonds. The largest absolute Gasteiger partial charge is 0.507 e. The molecule has 0 spiro atoms. The number of likely N-dealkylation sites (tertiary alicyclic amines) is 1. The molecule has 1 aliphatic rings. The predicted octanol–water partition coefficient (Wildman–Crippen LogP) is 4.64. The van der Waals surface area contributed by atoms with Gasteiger partial charge in [0.05, 0.1) is 12.2 Å². The number of hydrogen-bond donors (Lipinski definition) is 1. The van der Waals surface area contributed by atoms with Gasteiger partial charge in [0.15, 0.2) is 0 Å². The Hall–Kier alpha value is -3.87. The van der Waals surface area contributed by atoms with E-state index in [0.717, 1.165) is 5.56 Å². The van der Waals surface area contributed by atoms with Gasteiger partial charge in [-0.05, 0) is 66.9 Å². The topological polar surface area (TPSA) is 92.9 Å². The maximum absolute atomic E-state index is 13.1. The predicted molar refractivity (Wildman–Crippen MR) is 122 cm³/mol. The summed E-state index contributed by atoms with van der Waals surface area (Å²) < 4.78 is 11.5. The Balaban J connectivity index is 1.73. The molecular weight excluding hydrogens is 420 g/mol. The second-order valence-corrected chi connectivity index (χ2v) is 8.46. The molecule has 4 rings (SSSR count). The van der Waals surface area contributed by atoms with E-state index in [0.29, 0.717) is 35.4 Å². The number of aryl methyl sites for hydroxylation is 1. The number of rotatable bonds is 7. The Morgan fingerprint density at radius 1 is 1.09 bits per heavy atom. The van der Waals surface area contributed by atoms with Crippen molar-refractivity contribution in [3.05, 3.63) is 89.1 Å². The molecular formula is C26H26N2O5. The molecule has 7 nitrogen and oxygen atoms in total. The van der Waals surface area contributed by atoms with E-state index >= 15 is 0 Å². The third kappa shape index (κ3) is 4.67. The summed E-state index contributed by atoms with van der Waals surface area (Å²) in [6.45, 7) is 6.65. The highest BCUT2D eigenvalue weighted by molar-refractivity contribution is 6.46. The third-order valence-electron chi connectivity index (χ3n) is 5.38. The summed E-state index contributed by atoms with van der Waals surface area (Å²) in [5, 5.41) is 11.1. The number of Topliss-reactive ketones (excluding diaryl/α,β-unsaturated/α-hetero) is 1. The number of ether oxygens (including phenoxy) is 1. The molecule has 1 N–H and O–H groups in total. The normalized spacial score (nSPS) is 17.7. The molecule has 3 heterocycles. The quantitative estimate of drug-likeness (QED) is 0.323. The van der Waals surface area contributed by atoms with Crippen LogP contribution in [0.1, 0.15) is 42.5 Å². The third-order valence-corrected chi connectivity index (χ3v) is 5.38. The number of furan rings is 1. The van der Waals surface area contributed by atoms with Gasteiger partial charge >= 0.3 is 0 Å². The number of aromatic nitrogens is 1. The molecule has 1 unspecified atom stereocenters. The maximum atomic E-state index is 13.1. The number of nitrogens with zero attached hydrogens (tertiary/aromatic N) is 2. The highest BCUT2D eigenvalue weighted by atomic mass is 16.5. The van der Waals surface area contributed by atoms with Crippen molar-refractivity contribution >= 4 is 17.4 Å². The first-order valence-electron chi connectivity index (χ1n) is 10.8. The number of amides is 1. The van der Waals surface area contributed by atoms with Crippen molar-refractivity contribution in [1.29, 1.82) is 0 Å². The van der Waals surface area contributed by atoms with Crippen LogP contribution in [0.4, 0.5) is 0 Å². The van der Waals surface area contributed by atoms with Crippen LogP contribution in [0.15, 0.2) is 70.9 Å². The van der Waals surface area contributed by atoms with Crippen LogP contribution >= 0.6 is 0 Å². The lowest BCUT2D eigenvalue weighted by Gasteiger charge is -2.23. The number of carbonyl (C=O) groups excluding carboxylic acids is 2. The molecule has 1 saturated heterocycles. The Bertz CT molecular complexity index is 1180. The van der Waals surface area contributed by atoms with E-state index < -0.39 is 17.7 Å². The van der Waals surface area contributed by atoms with E-state index in [1.54, 1.807) is 67.8 Å². The van der Waals surface area contributed by atoms with Crippen molar-refractivity contribution in [3.8, 4) is 5.75 Å². The zero-order valence-corrected chi connectivity index (χ0v) is 18.8. The van der Waals surface area contributed by atoms with Crippen LogP contribution in [0, 0.1) is 12.8 Å². The lowest BCUT2D eigenvalue weighted by molar-refractivity contribution is -0.140. The van der Waals surface area contributed by atoms with Gasteiger partial charge in [-0.1, -0.05) is 13.8 Å². The number of benzene rings is 1. The molecule has 3 aromatic rings. The Morgan fingerprint density at radius 2 is 1.79 bits per heavy atom. The molecule has 1 fully saturated rings. The summed E-state index contributed by atoms with van der Waals surface area (Å²) >= 11 is 0. The number of ketones is 1. The average Bonchev–Trinajstić information content (AvgIpc) is 3.34. The number of aliphatic hydroxyl groups is 1. The van der Waals surface area contributed by atoms with E-state index in [-0.39, 0.29) is 17.9 Å². The zero-order valence-electron chi connectivity index (χ0n) is 18.8. The van der Waals surface area contributed by atoms with Crippen LogP contribution in [0.5, 0.6) is 5.75 Å². The van der Waals surface area contributed by atoms with Gasteiger partial charge in [0, 0.05) is 24.5 Å². The van der Waals surface area contributed by atoms with Crippen LogP contribution in [0.25, 0.3) is 5.76 Å². The Morgan fingerprint density at radius 3 is 2.39 bits per heavy atom. The molecule has 0 saturated carbocycles. The SMILES string of the molecule is Cc1ccc(C2/C(=C(/O)c3ccc(OCC(C)C)cc3)C(=O)C(=O)N2Cc2ccncc2)o1. The van der Waals surface area contributed by atoms with Crippen LogP contribution in [0.3, 0.4) is 0 Å². The Kier molecular flexibility index (Phi) is 6.31. The molecule has 0 radical (unpaired) electrons. The van der Waals surface area contributed by atoms with Crippen molar-refractivity contribution in [2.24, 2.45) is 5.92 Å². The van der Waals surface area contributed by atoms with Gasteiger partial charge in [-0.2, -0.15) is 0 Å². The smallest absolute Gasteiger partial charge is 0.296 e. The first-order chi connectivity index (χ1) is 15.8. The minimum absolute atomic E-state index is 0.000690. The second-order valence-electron chi connectivity index (χ2n) is 8.46. The van der Waals surface area contributed by atoms with E-state index in [2.05, 4.69) is 18.8 Å². The molecule has 1 atom stereocenters. The summed E-state index contributed by atoms with van der Waals surface area (Å²) in [7, 11) is 0. The molecule has 1 aliphatic heterocycles. The lowest BCUT2D eigenvalue weighted by Crippen LogP contribution is -2.29. The van der Waals surface area contributed by atoms with Crippen molar-refractivity contribution in [2.45, 2.75) is 33.4 Å². The summed E-state index contributed by atoms with van der Waals surface area (Å²) in [5.74, 6) is 0.415.